The number of carbonyl (C=O) groups is 3. The van der Waals surface area contributed by atoms with E-state index in [-0.39, 0.29) is 36.8 Å². The number of benzene rings is 3. The van der Waals surface area contributed by atoms with Gasteiger partial charge in [0.05, 0.1) is 18.1 Å². The van der Waals surface area contributed by atoms with Crippen LogP contribution in [0.15, 0.2) is 65.6 Å². The van der Waals surface area contributed by atoms with E-state index < -0.39 is 0 Å². The monoisotopic (exact) mass is 546 g/mol. The third-order valence-corrected chi connectivity index (χ3v) is 7.48. The summed E-state index contributed by atoms with van der Waals surface area (Å²) in [6, 6.07) is 18.9. The lowest BCUT2D eigenvalue weighted by molar-refractivity contribution is -0.132. The number of thioether (sulfide) groups is 1. The van der Waals surface area contributed by atoms with E-state index in [0.29, 0.717) is 34.3 Å². The Kier molecular flexibility index (Phi) is 8.36. The number of carbonyl (C=O) groups excluding carboxylic acids is 3. The molecule has 3 aromatic carbocycles. The Balaban J connectivity index is 1.22. The van der Waals surface area contributed by atoms with Gasteiger partial charge in [-0.3, -0.25) is 19.3 Å². The van der Waals surface area contributed by atoms with Crippen molar-refractivity contribution in [1.29, 1.82) is 0 Å². The molecule has 2 heterocycles. The van der Waals surface area contributed by atoms with Gasteiger partial charge in [0.1, 0.15) is 12.4 Å². The van der Waals surface area contributed by atoms with Crippen LogP contribution in [0.4, 0.5) is 4.79 Å². The van der Waals surface area contributed by atoms with Gasteiger partial charge in [-0.15, -0.1) is 0 Å². The van der Waals surface area contributed by atoms with Crippen LogP contribution in [0.5, 0.6) is 17.2 Å². The zero-order valence-corrected chi connectivity index (χ0v) is 22.6. The molecule has 202 valence electrons. The number of amides is 3. The molecule has 2 fully saturated rings. The number of rotatable bonds is 10. The van der Waals surface area contributed by atoms with Gasteiger partial charge >= 0.3 is 0 Å². The van der Waals surface area contributed by atoms with Gasteiger partial charge in [0.25, 0.3) is 17.1 Å². The van der Waals surface area contributed by atoms with Gasteiger partial charge in [-0.05, 0) is 66.8 Å². The highest BCUT2D eigenvalue weighted by Gasteiger charge is 2.35. The molecule has 0 aromatic heterocycles. The van der Waals surface area contributed by atoms with E-state index in [1.807, 2.05) is 49.4 Å². The lowest BCUT2D eigenvalue weighted by Gasteiger charge is -2.17. The van der Waals surface area contributed by atoms with Crippen molar-refractivity contribution in [3.05, 3.63) is 71.1 Å². The average Bonchev–Trinajstić information content (AvgIpc) is 3.58. The Morgan fingerprint density at radius 1 is 0.923 bits per heavy atom. The summed E-state index contributed by atoms with van der Waals surface area (Å²) in [5, 5.41) is 1.70. The van der Waals surface area contributed by atoms with Crippen LogP contribution in [0.2, 0.25) is 0 Å². The topological polar surface area (TPSA) is 85.4 Å². The molecular weight excluding hydrogens is 516 g/mol. The van der Waals surface area contributed by atoms with Crippen LogP contribution in [-0.2, 0) is 9.59 Å². The summed E-state index contributed by atoms with van der Waals surface area (Å²) in [5.41, 5.74) is 0.689. The van der Waals surface area contributed by atoms with Crippen molar-refractivity contribution in [1.82, 2.24) is 9.80 Å². The van der Waals surface area contributed by atoms with Crippen molar-refractivity contribution < 1.29 is 28.6 Å². The number of nitrogens with zero attached hydrogens (tertiary/aromatic N) is 2. The third kappa shape index (κ3) is 6.20. The van der Waals surface area contributed by atoms with Crippen molar-refractivity contribution in [2.24, 2.45) is 0 Å². The fourth-order valence-electron chi connectivity index (χ4n) is 4.61. The predicted octanol–water partition coefficient (Wildman–Crippen LogP) is 5.36. The van der Waals surface area contributed by atoms with Crippen molar-refractivity contribution in [2.45, 2.75) is 19.8 Å². The number of ether oxygens (including phenoxy) is 3. The Labute approximate surface area is 231 Å². The first-order chi connectivity index (χ1) is 19.0. The van der Waals surface area contributed by atoms with E-state index in [0.717, 1.165) is 48.5 Å². The normalized spacial score (nSPS) is 16.4. The Hall–Kier alpha value is -3.98. The lowest BCUT2D eigenvalue weighted by Crippen LogP contribution is -2.32. The van der Waals surface area contributed by atoms with Crippen LogP contribution in [0.1, 0.15) is 25.3 Å². The minimum absolute atomic E-state index is 0.0443. The van der Waals surface area contributed by atoms with E-state index in [1.54, 1.807) is 29.2 Å². The standard InChI is InChI=1S/C30H30N2O6S/c1-2-36-26-18-21(12-13-25(26)38-20-28(33)31-14-5-6-15-31)19-27-29(34)32(30(35)39-27)16-17-37-24-11-7-9-22-8-3-4-10-23(22)24/h3-4,7-13,18-19H,2,5-6,14-17,20H2,1H3/b27-19-. The average molecular weight is 547 g/mol. The van der Waals surface area contributed by atoms with Gasteiger partial charge < -0.3 is 19.1 Å². The fourth-order valence-corrected chi connectivity index (χ4v) is 5.48. The first-order valence-electron chi connectivity index (χ1n) is 13.1. The lowest BCUT2D eigenvalue weighted by atomic mass is 10.1. The summed E-state index contributed by atoms with van der Waals surface area (Å²) in [6.07, 6.45) is 3.71. The number of fused-ring (bicyclic) bond motifs is 1. The molecule has 0 bridgehead atoms. The van der Waals surface area contributed by atoms with E-state index in [2.05, 4.69) is 0 Å². The zero-order valence-electron chi connectivity index (χ0n) is 21.8. The molecule has 0 saturated carbocycles. The van der Waals surface area contributed by atoms with Gasteiger partial charge in [0, 0.05) is 18.5 Å². The predicted molar refractivity (Wildman–Crippen MR) is 151 cm³/mol. The highest BCUT2D eigenvalue weighted by Crippen LogP contribution is 2.35. The first kappa shape index (κ1) is 26.6. The maximum Gasteiger partial charge on any atom is 0.293 e. The minimum Gasteiger partial charge on any atom is -0.491 e. The molecule has 39 heavy (non-hydrogen) atoms. The molecule has 0 atom stereocenters. The molecule has 0 spiro atoms. The third-order valence-electron chi connectivity index (χ3n) is 6.57. The molecular formula is C30H30N2O6S. The van der Waals surface area contributed by atoms with Gasteiger partial charge in [0.15, 0.2) is 18.1 Å². The first-order valence-corrected chi connectivity index (χ1v) is 13.9. The van der Waals surface area contributed by atoms with E-state index >= 15 is 0 Å². The molecule has 5 rings (SSSR count). The Morgan fingerprint density at radius 2 is 1.72 bits per heavy atom. The molecule has 0 aliphatic carbocycles. The van der Waals surface area contributed by atoms with Gasteiger partial charge in [0.2, 0.25) is 0 Å². The number of hydrogen-bond donors (Lipinski definition) is 0. The number of likely N-dealkylation sites (tertiary alicyclic amines) is 1. The molecule has 3 amide bonds. The van der Waals surface area contributed by atoms with E-state index in [1.165, 1.54) is 4.90 Å². The Morgan fingerprint density at radius 3 is 2.54 bits per heavy atom. The molecule has 0 unspecified atom stereocenters. The van der Waals surface area contributed by atoms with Crippen LogP contribution in [-0.4, -0.2) is 66.3 Å². The SMILES string of the molecule is CCOc1cc(/C=C2\SC(=O)N(CCOc3cccc4ccccc34)C2=O)ccc1OCC(=O)N1CCCC1. The minimum atomic E-state index is -0.360. The van der Waals surface area contributed by atoms with E-state index in [9.17, 15) is 14.4 Å². The summed E-state index contributed by atoms with van der Waals surface area (Å²) in [4.78, 5) is 41.3. The molecule has 8 nitrogen and oxygen atoms in total. The Bertz CT molecular complexity index is 1410. The summed E-state index contributed by atoms with van der Waals surface area (Å²) < 4.78 is 17.4. The van der Waals surface area contributed by atoms with E-state index in [4.69, 9.17) is 14.2 Å². The van der Waals surface area contributed by atoms with Crippen LogP contribution in [0.25, 0.3) is 16.8 Å². The van der Waals surface area contributed by atoms with Gasteiger partial charge in [-0.1, -0.05) is 42.5 Å². The molecule has 3 aromatic rings. The highest BCUT2D eigenvalue weighted by molar-refractivity contribution is 8.18. The van der Waals surface area contributed by atoms with Crippen LogP contribution >= 0.6 is 11.8 Å². The summed E-state index contributed by atoms with van der Waals surface area (Å²) in [6.45, 7) is 4.08. The van der Waals surface area contributed by atoms with Gasteiger partial charge in [-0.2, -0.15) is 0 Å². The van der Waals surface area contributed by atoms with Crippen LogP contribution < -0.4 is 14.2 Å². The highest BCUT2D eigenvalue weighted by atomic mass is 32.2. The van der Waals surface area contributed by atoms with Crippen molar-refractivity contribution >= 4 is 45.7 Å². The number of imide groups is 1. The maximum absolute atomic E-state index is 13.0. The zero-order chi connectivity index (χ0) is 27.2. The molecule has 0 radical (unpaired) electrons. The fraction of sp³-hybridized carbons (Fsp3) is 0.300. The summed E-state index contributed by atoms with van der Waals surface area (Å²) in [7, 11) is 0. The summed E-state index contributed by atoms with van der Waals surface area (Å²) >= 11 is 0.898. The van der Waals surface area contributed by atoms with Gasteiger partial charge in [-0.25, -0.2) is 0 Å². The summed E-state index contributed by atoms with van der Waals surface area (Å²) in [5.74, 6) is 1.24. The molecule has 2 aliphatic rings. The smallest absolute Gasteiger partial charge is 0.293 e. The van der Waals surface area contributed by atoms with Crippen molar-refractivity contribution in [2.75, 3.05) is 39.5 Å². The van der Waals surface area contributed by atoms with Crippen LogP contribution in [0.3, 0.4) is 0 Å². The van der Waals surface area contributed by atoms with Crippen molar-refractivity contribution in [3.8, 4) is 17.2 Å². The number of hydrogen-bond acceptors (Lipinski definition) is 7. The maximum atomic E-state index is 13.0. The second-order valence-corrected chi connectivity index (χ2v) is 10.2. The molecule has 2 aliphatic heterocycles. The van der Waals surface area contributed by atoms with Crippen molar-refractivity contribution in [3.63, 3.8) is 0 Å². The largest absolute Gasteiger partial charge is 0.491 e. The molecule has 2 saturated heterocycles. The second-order valence-electron chi connectivity index (χ2n) is 9.17. The molecule has 0 N–H and O–H groups in total. The molecule has 9 heteroatoms. The van der Waals surface area contributed by atoms with Crippen LogP contribution in [0, 0.1) is 0 Å². The quantitative estimate of drug-likeness (QED) is 0.317. The second kappa shape index (κ2) is 12.3.